The van der Waals surface area contributed by atoms with Crippen LogP contribution >= 0.6 is 0 Å². The minimum atomic E-state index is -0.396. The van der Waals surface area contributed by atoms with Crippen LogP contribution < -0.4 is 5.32 Å². The van der Waals surface area contributed by atoms with Crippen LogP contribution in [0.2, 0.25) is 0 Å². The van der Waals surface area contributed by atoms with E-state index in [1.54, 1.807) is 6.07 Å². The summed E-state index contributed by atoms with van der Waals surface area (Å²) in [5, 5.41) is 16.0. The normalized spacial score (nSPS) is 11.3. The molecular formula is C14H16FN5. The topological polar surface area (TPSA) is 66.5 Å². The number of nitrogens with one attached hydrogen (secondary N) is 1. The number of hydrogen-bond donors (Lipinski definition) is 1. The van der Waals surface area contributed by atoms with E-state index in [0.29, 0.717) is 12.2 Å². The molecule has 20 heavy (non-hydrogen) atoms. The minimum absolute atomic E-state index is 0.0167. The molecule has 104 valence electrons. The highest BCUT2D eigenvalue weighted by atomic mass is 19.1. The zero-order valence-corrected chi connectivity index (χ0v) is 11.7. The fraction of sp³-hybridized carbons (Fsp3) is 0.357. The molecule has 0 atom stereocenters. The van der Waals surface area contributed by atoms with Crippen LogP contribution in [0.1, 0.15) is 32.2 Å². The van der Waals surface area contributed by atoms with Crippen molar-refractivity contribution in [3.8, 4) is 11.8 Å². The summed E-state index contributed by atoms with van der Waals surface area (Å²) in [5.41, 5.74) is 0.997. The van der Waals surface area contributed by atoms with Crippen molar-refractivity contribution in [2.75, 3.05) is 0 Å². The first-order chi connectivity index (χ1) is 9.40. The highest BCUT2D eigenvalue weighted by Crippen LogP contribution is 2.18. The molecule has 0 aliphatic rings. The molecule has 1 aromatic carbocycles. The van der Waals surface area contributed by atoms with Crippen molar-refractivity contribution in [1.82, 2.24) is 20.1 Å². The van der Waals surface area contributed by atoms with Crippen molar-refractivity contribution in [3.05, 3.63) is 41.7 Å². The Balaban J connectivity index is 2.39. The Morgan fingerprint density at radius 3 is 2.75 bits per heavy atom. The molecule has 5 nitrogen and oxygen atoms in total. The number of halogens is 1. The summed E-state index contributed by atoms with van der Waals surface area (Å²) < 4.78 is 15.4. The Bertz CT molecular complexity index is 648. The molecule has 6 heteroatoms. The lowest BCUT2D eigenvalue weighted by atomic mass is 10.1. The van der Waals surface area contributed by atoms with Gasteiger partial charge in [0.05, 0.1) is 0 Å². The van der Waals surface area contributed by atoms with E-state index in [0.717, 1.165) is 5.56 Å². The van der Waals surface area contributed by atoms with Gasteiger partial charge in [0.25, 0.3) is 5.82 Å². The molecule has 2 rings (SSSR count). The SMILES string of the molecule is CC(C)(C)NCc1cccc(F)c1-n1cnc(C#N)n1. The summed E-state index contributed by atoms with van der Waals surface area (Å²) in [6.07, 6.45) is 1.34. The van der Waals surface area contributed by atoms with Crippen LogP contribution in [-0.2, 0) is 6.54 Å². The largest absolute Gasteiger partial charge is 0.308 e. The molecule has 0 saturated carbocycles. The van der Waals surface area contributed by atoms with E-state index in [4.69, 9.17) is 5.26 Å². The first-order valence-electron chi connectivity index (χ1n) is 6.25. The maximum absolute atomic E-state index is 14.1. The van der Waals surface area contributed by atoms with E-state index in [1.807, 2.05) is 32.9 Å². The van der Waals surface area contributed by atoms with Gasteiger partial charge in [0, 0.05) is 12.1 Å². The van der Waals surface area contributed by atoms with Crippen LogP contribution in [0, 0.1) is 17.1 Å². The van der Waals surface area contributed by atoms with Gasteiger partial charge in [-0.3, -0.25) is 0 Å². The Morgan fingerprint density at radius 1 is 1.40 bits per heavy atom. The number of nitrogens with zero attached hydrogens (tertiary/aromatic N) is 4. The maximum Gasteiger partial charge on any atom is 0.252 e. The maximum atomic E-state index is 14.1. The van der Waals surface area contributed by atoms with Crippen LogP contribution in [0.3, 0.4) is 0 Å². The van der Waals surface area contributed by atoms with Gasteiger partial charge in [-0.25, -0.2) is 14.1 Å². The summed E-state index contributed by atoms with van der Waals surface area (Å²) in [4.78, 5) is 3.81. The molecule has 0 amide bonds. The third kappa shape index (κ3) is 3.19. The van der Waals surface area contributed by atoms with Gasteiger partial charge in [-0.15, -0.1) is 5.10 Å². The third-order valence-corrected chi connectivity index (χ3v) is 2.70. The summed E-state index contributed by atoms with van der Waals surface area (Å²) in [5.74, 6) is -0.379. The van der Waals surface area contributed by atoms with Crippen molar-refractivity contribution in [1.29, 1.82) is 5.26 Å². The Kier molecular flexibility index (Phi) is 3.81. The van der Waals surface area contributed by atoms with E-state index in [1.165, 1.54) is 17.1 Å². The first kappa shape index (κ1) is 14.2. The highest BCUT2D eigenvalue weighted by Gasteiger charge is 2.15. The number of hydrogen-bond acceptors (Lipinski definition) is 4. The standard InChI is InChI=1S/C14H16FN5/c1-14(2,3)18-8-10-5-4-6-11(15)13(10)20-9-17-12(7-16)19-20/h4-6,9,18H,8H2,1-3H3. The predicted molar refractivity (Wildman–Crippen MR) is 72.6 cm³/mol. The first-order valence-corrected chi connectivity index (χ1v) is 6.25. The van der Waals surface area contributed by atoms with E-state index >= 15 is 0 Å². The second-order valence-electron chi connectivity index (χ2n) is 5.48. The average Bonchev–Trinajstić information content (AvgIpc) is 2.84. The lowest BCUT2D eigenvalue weighted by Crippen LogP contribution is -2.35. The van der Waals surface area contributed by atoms with Crippen LogP contribution in [0.5, 0.6) is 0 Å². The fourth-order valence-electron chi connectivity index (χ4n) is 1.74. The van der Waals surface area contributed by atoms with Crippen LogP contribution in [0.15, 0.2) is 24.5 Å². The Hall–Kier alpha value is -2.26. The summed E-state index contributed by atoms with van der Waals surface area (Å²) in [6, 6.07) is 6.67. The van der Waals surface area contributed by atoms with E-state index in [9.17, 15) is 4.39 Å². The molecule has 0 unspecified atom stereocenters. The zero-order valence-electron chi connectivity index (χ0n) is 11.7. The number of nitriles is 1. The van der Waals surface area contributed by atoms with E-state index < -0.39 is 5.82 Å². The van der Waals surface area contributed by atoms with E-state index in [-0.39, 0.29) is 11.4 Å². The average molecular weight is 273 g/mol. The van der Waals surface area contributed by atoms with Crippen molar-refractivity contribution in [2.45, 2.75) is 32.9 Å². The van der Waals surface area contributed by atoms with Gasteiger partial charge in [0.2, 0.25) is 0 Å². The lowest BCUT2D eigenvalue weighted by molar-refractivity contribution is 0.423. The van der Waals surface area contributed by atoms with E-state index in [2.05, 4.69) is 15.4 Å². The van der Waals surface area contributed by atoms with Crippen molar-refractivity contribution in [2.24, 2.45) is 0 Å². The van der Waals surface area contributed by atoms with Gasteiger partial charge >= 0.3 is 0 Å². The molecule has 1 N–H and O–H groups in total. The van der Waals surface area contributed by atoms with Crippen molar-refractivity contribution in [3.63, 3.8) is 0 Å². The van der Waals surface area contributed by atoms with Gasteiger partial charge in [0.15, 0.2) is 0 Å². The number of benzene rings is 1. The smallest absolute Gasteiger partial charge is 0.252 e. The zero-order chi connectivity index (χ0) is 14.8. The van der Waals surface area contributed by atoms with Gasteiger partial charge < -0.3 is 5.32 Å². The Labute approximate surface area is 117 Å². The monoisotopic (exact) mass is 273 g/mol. The van der Waals surface area contributed by atoms with Gasteiger partial charge in [0.1, 0.15) is 23.9 Å². The molecule has 0 radical (unpaired) electrons. The van der Waals surface area contributed by atoms with Crippen molar-refractivity contribution >= 4 is 0 Å². The predicted octanol–water partition coefficient (Wildman–Crippen LogP) is 2.17. The molecule has 0 spiro atoms. The lowest BCUT2D eigenvalue weighted by Gasteiger charge is -2.21. The van der Waals surface area contributed by atoms with Crippen LogP contribution in [0.4, 0.5) is 4.39 Å². The molecule has 0 saturated heterocycles. The van der Waals surface area contributed by atoms with Crippen LogP contribution in [-0.4, -0.2) is 20.3 Å². The molecule has 1 heterocycles. The summed E-state index contributed by atoms with van der Waals surface area (Å²) >= 11 is 0. The summed E-state index contributed by atoms with van der Waals surface area (Å²) in [6.45, 7) is 6.61. The number of para-hydroxylation sites is 1. The number of aromatic nitrogens is 3. The Morgan fingerprint density at radius 2 is 2.15 bits per heavy atom. The summed E-state index contributed by atoms with van der Waals surface area (Å²) in [7, 11) is 0. The molecule has 0 bridgehead atoms. The minimum Gasteiger partial charge on any atom is -0.308 e. The van der Waals surface area contributed by atoms with Gasteiger partial charge in [-0.1, -0.05) is 12.1 Å². The second-order valence-corrected chi connectivity index (χ2v) is 5.48. The number of rotatable bonds is 3. The molecule has 1 aromatic heterocycles. The molecule has 2 aromatic rings. The molecule has 0 fully saturated rings. The van der Waals surface area contributed by atoms with Gasteiger partial charge in [-0.05, 0) is 32.4 Å². The van der Waals surface area contributed by atoms with Crippen LogP contribution in [0.25, 0.3) is 5.69 Å². The molecule has 0 aliphatic carbocycles. The quantitative estimate of drug-likeness (QED) is 0.930. The highest BCUT2D eigenvalue weighted by molar-refractivity contribution is 5.41. The molecular weight excluding hydrogens is 257 g/mol. The second kappa shape index (κ2) is 5.39. The van der Waals surface area contributed by atoms with Crippen molar-refractivity contribution < 1.29 is 4.39 Å². The third-order valence-electron chi connectivity index (χ3n) is 2.70. The van der Waals surface area contributed by atoms with Gasteiger partial charge in [-0.2, -0.15) is 5.26 Å². The fourth-order valence-corrected chi connectivity index (χ4v) is 1.74. The molecule has 0 aliphatic heterocycles.